The van der Waals surface area contributed by atoms with E-state index < -0.39 is 0 Å². The lowest BCUT2D eigenvalue weighted by molar-refractivity contribution is 0.446. The zero-order valence-electron chi connectivity index (χ0n) is 8.25. The van der Waals surface area contributed by atoms with E-state index in [9.17, 15) is 10.2 Å². The van der Waals surface area contributed by atoms with Gasteiger partial charge in [-0.25, -0.2) is 0 Å². The fourth-order valence-electron chi connectivity index (χ4n) is 1.62. The molecule has 2 aromatic carbocycles. The predicted octanol–water partition coefficient (Wildman–Crippen LogP) is 5.31. The standard InChI is InChI=1S/C10H6O2S5/c11-7-5-3-1-2-4-6(5)8(12)10-9(7)13-15-17-16-14-10/h1-4,11-12H. The van der Waals surface area contributed by atoms with Gasteiger partial charge in [-0.1, -0.05) is 24.3 Å². The molecule has 0 unspecified atom stereocenters. The van der Waals surface area contributed by atoms with Crippen molar-refractivity contribution in [1.29, 1.82) is 0 Å². The zero-order chi connectivity index (χ0) is 11.8. The lowest BCUT2D eigenvalue weighted by Gasteiger charge is -2.11. The van der Waals surface area contributed by atoms with E-state index in [1.807, 2.05) is 24.3 Å². The molecular formula is C10H6O2S5. The van der Waals surface area contributed by atoms with Crippen molar-refractivity contribution in [2.75, 3.05) is 0 Å². The van der Waals surface area contributed by atoms with Crippen molar-refractivity contribution in [3.63, 3.8) is 0 Å². The summed E-state index contributed by atoms with van der Waals surface area (Å²) >= 11 is 0. The molecule has 0 atom stereocenters. The third kappa shape index (κ3) is 2.08. The summed E-state index contributed by atoms with van der Waals surface area (Å²) in [6.45, 7) is 0. The van der Waals surface area contributed by atoms with Gasteiger partial charge in [0.05, 0.1) is 9.79 Å². The van der Waals surface area contributed by atoms with Crippen LogP contribution in [0.2, 0.25) is 0 Å². The fraction of sp³-hybridized carbons (Fsp3) is 0. The molecule has 1 aliphatic rings. The minimum absolute atomic E-state index is 0.265. The lowest BCUT2D eigenvalue weighted by Crippen LogP contribution is -1.83. The van der Waals surface area contributed by atoms with Crippen LogP contribution in [0.3, 0.4) is 0 Å². The van der Waals surface area contributed by atoms with E-state index in [0.717, 1.165) is 9.79 Å². The van der Waals surface area contributed by atoms with Crippen molar-refractivity contribution in [3.05, 3.63) is 24.3 Å². The number of fused-ring (bicyclic) bond motifs is 2. The molecule has 2 nitrogen and oxygen atoms in total. The first-order chi connectivity index (χ1) is 8.29. The quantitative estimate of drug-likeness (QED) is 0.504. The predicted molar refractivity (Wildman–Crippen MR) is 81.8 cm³/mol. The molecule has 0 aliphatic carbocycles. The molecule has 1 heterocycles. The van der Waals surface area contributed by atoms with E-state index in [-0.39, 0.29) is 11.5 Å². The summed E-state index contributed by atoms with van der Waals surface area (Å²) < 4.78 is 0. The number of phenols is 2. The van der Waals surface area contributed by atoms with Gasteiger partial charge in [-0.3, -0.25) is 0 Å². The summed E-state index contributed by atoms with van der Waals surface area (Å²) in [5.74, 6) is 0.531. The molecule has 1 aliphatic heterocycles. The van der Waals surface area contributed by atoms with E-state index in [1.54, 1.807) is 29.5 Å². The average molecular weight is 318 g/mol. The van der Waals surface area contributed by atoms with Crippen molar-refractivity contribution in [3.8, 4) is 11.5 Å². The maximum Gasteiger partial charge on any atom is 0.139 e. The second kappa shape index (κ2) is 4.97. The highest BCUT2D eigenvalue weighted by molar-refractivity contribution is 9.36. The molecule has 0 saturated heterocycles. The Morgan fingerprint density at radius 3 is 1.65 bits per heavy atom. The molecule has 0 fully saturated rings. The second-order valence-corrected chi connectivity index (χ2v) is 10.7. The van der Waals surface area contributed by atoms with E-state index in [4.69, 9.17) is 0 Å². The largest absolute Gasteiger partial charge is 0.506 e. The highest BCUT2D eigenvalue weighted by Crippen LogP contribution is 2.64. The Morgan fingerprint density at radius 1 is 0.706 bits per heavy atom. The summed E-state index contributed by atoms with van der Waals surface area (Å²) in [5, 5.41) is 21.9. The maximum atomic E-state index is 10.3. The highest BCUT2D eigenvalue weighted by Gasteiger charge is 2.22. The van der Waals surface area contributed by atoms with Crippen molar-refractivity contribution in [1.82, 2.24) is 0 Å². The van der Waals surface area contributed by atoms with Gasteiger partial charge in [-0.2, -0.15) is 0 Å². The molecule has 0 spiro atoms. The normalized spacial score (nSPS) is 15.5. The van der Waals surface area contributed by atoms with Crippen molar-refractivity contribution in [2.24, 2.45) is 0 Å². The Kier molecular flexibility index (Phi) is 3.54. The molecule has 3 rings (SSSR count). The van der Waals surface area contributed by atoms with Gasteiger partial charge in [-0.05, 0) is 51.1 Å². The number of rotatable bonds is 0. The van der Waals surface area contributed by atoms with E-state index >= 15 is 0 Å². The van der Waals surface area contributed by atoms with Crippen LogP contribution >= 0.6 is 51.1 Å². The van der Waals surface area contributed by atoms with Crippen LogP contribution in [0.4, 0.5) is 0 Å². The monoisotopic (exact) mass is 318 g/mol. The first kappa shape index (κ1) is 12.1. The first-order valence-electron chi connectivity index (χ1n) is 4.60. The lowest BCUT2D eigenvalue weighted by atomic mass is 10.1. The van der Waals surface area contributed by atoms with Crippen molar-refractivity contribution in [2.45, 2.75) is 9.79 Å². The molecule has 7 heteroatoms. The Morgan fingerprint density at radius 2 is 1.18 bits per heavy atom. The van der Waals surface area contributed by atoms with Crippen LogP contribution in [-0.2, 0) is 0 Å². The molecule has 17 heavy (non-hydrogen) atoms. The average Bonchev–Trinajstić information content (AvgIpc) is 2.62. The Hall–Kier alpha value is 0.0500. The van der Waals surface area contributed by atoms with Crippen LogP contribution < -0.4 is 0 Å². The van der Waals surface area contributed by atoms with Gasteiger partial charge in [0.2, 0.25) is 0 Å². The Balaban J connectivity index is 2.38. The van der Waals surface area contributed by atoms with Crippen LogP contribution in [0, 0.1) is 0 Å². The topological polar surface area (TPSA) is 40.5 Å². The molecule has 0 saturated carbocycles. The highest BCUT2D eigenvalue weighted by atomic mass is 33.8. The summed E-state index contributed by atoms with van der Waals surface area (Å²) in [6, 6.07) is 7.37. The van der Waals surface area contributed by atoms with E-state index in [2.05, 4.69) is 0 Å². The summed E-state index contributed by atoms with van der Waals surface area (Å²) in [4.78, 5) is 1.52. The Bertz CT molecular complexity index is 536. The molecule has 0 aromatic heterocycles. The molecule has 0 radical (unpaired) electrons. The third-order valence-corrected chi connectivity index (χ3v) is 10.8. The summed E-state index contributed by atoms with van der Waals surface area (Å²) in [5.41, 5.74) is 0. The molecular weight excluding hydrogens is 312 g/mol. The van der Waals surface area contributed by atoms with Crippen molar-refractivity contribution < 1.29 is 10.2 Å². The van der Waals surface area contributed by atoms with Gasteiger partial charge in [0.15, 0.2) is 0 Å². The number of benzene rings is 2. The van der Waals surface area contributed by atoms with E-state index in [0.29, 0.717) is 10.8 Å². The van der Waals surface area contributed by atoms with Crippen LogP contribution in [0.1, 0.15) is 0 Å². The summed E-state index contributed by atoms with van der Waals surface area (Å²) in [7, 11) is 7.81. The van der Waals surface area contributed by atoms with E-state index in [1.165, 1.54) is 21.6 Å². The van der Waals surface area contributed by atoms with Gasteiger partial charge in [0, 0.05) is 10.8 Å². The summed E-state index contributed by atoms with van der Waals surface area (Å²) in [6.07, 6.45) is 0. The third-order valence-electron chi connectivity index (χ3n) is 2.36. The van der Waals surface area contributed by atoms with Crippen LogP contribution in [0.25, 0.3) is 10.8 Å². The minimum atomic E-state index is 0.265. The molecule has 0 bridgehead atoms. The molecule has 0 amide bonds. The molecule has 88 valence electrons. The Labute approximate surface area is 117 Å². The SMILES string of the molecule is Oc1c2c(c(O)c3ccccc13)SSSSS2. The van der Waals surface area contributed by atoms with Crippen LogP contribution in [-0.4, -0.2) is 10.2 Å². The first-order valence-corrected chi connectivity index (χ1v) is 10.7. The van der Waals surface area contributed by atoms with Gasteiger partial charge in [0.25, 0.3) is 0 Å². The number of hydrogen-bond donors (Lipinski definition) is 2. The van der Waals surface area contributed by atoms with Gasteiger partial charge < -0.3 is 10.2 Å². The smallest absolute Gasteiger partial charge is 0.139 e. The van der Waals surface area contributed by atoms with Gasteiger partial charge >= 0.3 is 0 Å². The van der Waals surface area contributed by atoms with Gasteiger partial charge in [0.1, 0.15) is 11.5 Å². The zero-order valence-corrected chi connectivity index (χ0v) is 12.3. The van der Waals surface area contributed by atoms with Crippen molar-refractivity contribution >= 4 is 61.8 Å². The molecule has 2 aromatic rings. The van der Waals surface area contributed by atoms with Crippen LogP contribution in [0.5, 0.6) is 11.5 Å². The number of phenolic OH excluding ortho intramolecular Hbond substituents is 2. The fourth-order valence-corrected chi connectivity index (χ4v) is 10.6. The molecule has 2 N–H and O–H groups in total. The van der Waals surface area contributed by atoms with Gasteiger partial charge in [-0.15, -0.1) is 0 Å². The number of aromatic hydroxyl groups is 2. The minimum Gasteiger partial charge on any atom is -0.506 e. The maximum absolute atomic E-state index is 10.3. The van der Waals surface area contributed by atoms with Crippen LogP contribution in [0.15, 0.2) is 34.1 Å². The second-order valence-electron chi connectivity index (χ2n) is 3.27. The number of hydrogen-bond acceptors (Lipinski definition) is 7.